The van der Waals surface area contributed by atoms with Crippen LogP contribution >= 0.6 is 23.2 Å². The summed E-state index contributed by atoms with van der Waals surface area (Å²) >= 11 is 12.4. The number of alkyl halides is 3. The minimum Gasteiger partial charge on any atom is -0.342 e. The van der Waals surface area contributed by atoms with Gasteiger partial charge in [0.1, 0.15) is 0 Å². The summed E-state index contributed by atoms with van der Waals surface area (Å²) < 4.78 is 41.7. The molecule has 0 bridgehead atoms. The van der Waals surface area contributed by atoms with E-state index in [0.717, 1.165) is 24.3 Å². The van der Waals surface area contributed by atoms with Crippen LogP contribution in [0.5, 0.6) is 0 Å². The Bertz CT molecular complexity index is 1540. The van der Waals surface area contributed by atoms with Crippen molar-refractivity contribution in [2.75, 3.05) is 13.6 Å². The van der Waals surface area contributed by atoms with Gasteiger partial charge >= 0.3 is 6.18 Å². The third-order valence-corrected chi connectivity index (χ3v) is 6.74. The number of fused-ring (bicyclic) bond motifs is 1. The van der Waals surface area contributed by atoms with Crippen LogP contribution in [0.25, 0.3) is 11.0 Å². The Balaban J connectivity index is 1.50. The normalized spacial score (nSPS) is 11.6. The molecule has 4 rings (SSSR count). The summed E-state index contributed by atoms with van der Waals surface area (Å²) in [6.07, 6.45) is -4.03. The van der Waals surface area contributed by atoms with E-state index in [1.165, 1.54) is 4.90 Å². The fraction of sp³-hybridized carbons (Fsp3) is 0.222. The van der Waals surface area contributed by atoms with Crippen molar-refractivity contribution >= 4 is 45.9 Å². The quantitative estimate of drug-likeness (QED) is 0.256. The number of hydrogen-bond acceptors (Lipinski definition) is 3. The molecule has 6 nitrogen and oxygen atoms in total. The molecule has 0 atom stereocenters. The number of aromatic nitrogens is 2. The van der Waals surface area contributed by atoms with Crippen molar-refractivity contribution in [2.24, 2.45) is 0 Å². The zero-order valence-corrected chi connectivity index (χ0v) is 21.7. The van der Waals surface area contributed by atoms with Crippen molar-refractivity contribution in [3.8, 4) is 0 Å². The number of para-hydroxylation sites is 1. The second kappa shape index (κ2) is 11.0. The average molecular weight is 563 g/mol. The second-order valence-corrected chi connectivity index (χ2v) is 9.60. The van der Waals surface area contributed by atoms with E-state index in [2.05, 4.69) is 0 Å². The van der Waals surface area contributed by atoms with E-state index in [1.807, 2.05) is 0 Å². The first-order valence-corrected chi connectivity index (χ1v) is 12.4. The van der Waals surface area contributed by atoms with Gasteiger partial charge in [0.15, 0.2) is 5.78 Å². The van der Waals surface area contributed by atoms with Crippen LogP contribution in [0.3, 0.4) is 0 Å². The van der Waals surface area contributed by atoms with Crippen molar-refractivity contribution in [2.45, 2.75) is 25.7 Å². The second-order valence-electron chi connectivity index (χ2n) is 8.75. The molecule has 0 fully saturated rings. The first kappa shape index (κ1) is 27.5. The summed E-state index contributed by atoms with van der Waals surface area (Å²) in [6, 6.07) is 15.8. The maximum Gasteiger partial charge on any atom is 0.416 e. The van der Waals surface area contributed by atoms with Crippen LogP contribution < -0.4 is 5.62 Å². The predicted octanol–water partition coefficient (Wildman–Crippen LogP) is 6.29. The molecule has 0 aliphatic rings. The number of carbonyl (C=O) groups excluding carboxylic acids is 2. The van der Waals surface area contributed by atoms with Crippen molar-refractivity contribution in [1.82, 2.24) is 14.0 Å². The standard InChI is InChI=1S/C27H23Cl2F3N4O2/c1-34(25(38)18-6-10-19(11-7-18)27(30,31)32)14-3-15-35-24-21(29)4-2-5-22(24)36(26(35)33)16-23(37)17-8-12-20(28)13-9-17/h2,4-13,33H,3,14-16H2,1H3. The molecule has 11 heteroatoms. The average Bonchev–Trinajstić information content (AvgIpc) is 3.15. The highest BCUT2D eigenvalue weighted by molar-refractivity contribution is 6.35. The number of halogens is 5. The lowest BCUT2D eigenvalue weighted by Crippen LogP contribution is -2.31. The topological polar surface area (TPSA) is 71.1 Å². The summed E-state index contributed by atoms with van der Waals surface area (Å²) in [5.74, 6) is -0.607. The van der Waals surface area contributed by atoms with Gasteiger partial charge in [-0.25, -0.2) is 0 Å². The number of imidazole rings is 1. The van der Waals surface area contributed by atoms with E-state index < -0.39 is 17.6 Å². The van der Waals surface area contributed by atoms with Crippen LogP contribution in [0.4, 0.5) is 13.2 Å². The Morgan fingerprint density at radius 3 is 2.18 bits per heavy atom. The van der Waals surface area contributed by atoms with E-state index in [-0.39, 0.29) is 30.1 Å². The lowest BCUT2D eigenvalue weighted by molar-refractivity contribution is -0.137. The maximum absolute atomic E-state index is 12.9. The SMILES string of the molecule is CN(CCCn1c(=N)n(CC(=O)c2ccc(Cl)cc2)c2cccc(Cl)c21)C(=O)c1ccc(C(F)(F)F)cc1. The van der Waals surface area contributed by atoms with Gasteiger partial charge in [0.2, 0.25) is 5.62 Å². The lowest BCUT2D eigenvalue weighted by Gasteiger charge is -2.18. The van der Waals surface area contributed by atoms with Gasteiger partial charge in [-0.1, -0.05) is 29.3 Å². The lowest BCUT2D eigenvalue weighted by atomic mass is 10.1. The van der Waals surface area contributed by atoms with Crippen LogP contribution in [-0.2, 0) is 19.3 Å². The van der Waals surface area contributed by atoms with Crippen molar-refractivity contribution in [3.05, 3.63) is 99.1 Å². The van der Waals surface area contributed by atoms with Crippen molar-refractivity contribution in [1.29, 1.82) is 5.41 Å². The molecule has 38 heavy (non-hydrogen) atoms. The number of Topliss-reactive ketones (excluding diaryl/α,β-unsaturated/α-hetero) is 1. The number of carbonyl (C=O) groups is 2. The third-order valence-electron chi connectivity index (χ3n) is 6.19. The predicted molar refractivity (Wildman–Crippen MR) is 140 cm³/mol. The Morgan fingerprint density at radius 2 is 1.55 bits per heavy atom. The number of ketones is 1. The number of nitrogens with zero attached hydrogens (tertiary/aromatic N) is 3. The Labute approximate surface area is 226 Å². The zero-order chi connectivity index (χ0) is 27.6. The van der Waals surface area contributed by atoms with Gasteiger partial charge in [-0.05, 0) is 67.1 Å². The molecule has 0 aliphatic carbocycles. The molecule has 0 spiro atoms. The Kier molecular flexibility index (Phi) is 7.99. The number of nitrogens with one attached hydrogen (secondary N) is 1. The molecular weight excluding hydrogens is 540 g/mol. The monoisotopic (exact) mass is 562 g/mol. The molecule has 3 aromatic carbocycles. The third kappa shape index (κ3) is 5.79. The van der Waals surface area contributed by atoms with E-state index in [9.17, 15) is 22.8 Å². The summed E-state index contributed by atoms with van der Waals surface area (Å²) in [4.78, 5) is 27.0. The van der Waals surface area contributed by atoms with Crippen molar-refractivity contribution in [3.63, 3.8) is 0 Å². The molecule has 4 aromatic rings. The molecule has 0 unspecified atom stereocenters. The van der Waals surface area contributed by atoms with E-state index in [0.29, 0.717) is 39.6 Å². The number of amides is 1. The van der Waals surface area contributed by atoms with Gasteiger partial charge < -0.3 is 14.0 Å². The molecule has 0 aliphatic heterocycles. The zero-order valence-electron chi connectivity index (χ0n) is 20.2. The molecular formula is C27H23Cl2F3N4O2. The fourth-order valence-electron chi connectivity index (χ4n) is 4.19. The molecule has 0 saturated heterocycles. The van der Waals surface area contributed by atoms with Crippen LogP contribution in [0.15, 0.2) is 66.7 Å². The highest BCUT2D eigenvalue weighted by atomic mass is 35.5. The van der Waals surface area contributed by atoms with E-state index >= 15 is 0 Å². The van der Waals surface area contributed by atoms with E-state index in [4.69, 9.17) is 28.6 Å². The number of hydrogen-bond donors (Lipinski definition) is 1. The van der Waals surface area contributed by atoms with Crippen LogP contribution in [0.2, 0.25) is 10.0 Å². The molecule has 0 saturated carbocycles. The van der Waals surface area contributed by atoms with Gasteiger partial charge in [-0.2, -0.15) is 13.2 Å². The summed E-state index contributed by atoms with van der Waals surface area (Å²) in [7, 11) is 1.56. The van der Waals surface area contributed by atoms with Gasteiger partial charge in [-0.15, -0.1) is 0 Å². The molecule has 198 valence electrons. The van der Waals surface area contributed by atoms with E-state index in [1.54, 1.807) is 58.6 Å². The first-order chi connectivity index (χ1) is 18.0. The van der Waals surface area contributed by atoms with Gasteiger partial charge in [0.05, 0.1) is 28.2 Å². The minimum absolute atomic E-state index is 0.0728. The smallest absolute Gasteiger partial charge is 0.342 e. The van der Waals surface area contributed by atoms with Crippen LogP contribution in [0.1, 0.15) is 32.7 Å². The maximum atomic E-state index is 12.9. The van der Waals surface area contributed by atoms with Gasteiger partial charge in [0, 0.05) is 36.3 Å². The molecule has 1 N–H and O–H groups in total. The number of aryl methyl sites for hydroxylation is 1. The Morgan fingerprint density at radius 1 is 0.921 bits per heavy atom. The summed E-state index contributed by atoms with van der Waals surface area (Å²) in [5, 5.41) is 9.69. The Hall–Kier alpha value is -3.56. The van der Waals surface area contributed by atoms with Crippen LogP contribution in [-0.4, -0.2) is 39.3 Å². The largest absolute Gasteiger partial charge is 0.416 e. The minimum atomic E-state index is -4.47. The fourth-order valence-corrected chi connectivity index (χ4v) is 4.59. The van der Waals surface area contributed by atoms with Crippen molar-refractivity contribution < 1.29 is 22.8 Å². The van der Waals surface area contributed by atoms with Gasteiger partial charge in [0.25, 0.3) is 5.91 Å². The molecule has 1 amide bonds. The summed E-state index contributed by atoms with van der Waals surface area (Å²) in [5.41, 5.74) is 1.09. The summed E-state index contributed by atoms with van der Waals surface area (Å²) in [6.45, 7) is 0.537. The first-order valence-electron chi connectivity index (χ1n) is 11.6. The highest BCUT2D eigenvalue weighted by Crippen LogP contribution is 2.29. The number of rotatable bonds is 8. The molecule has 1 aromatic heterocycles. The van der Waals surface area contributed by atoms with Gasteiger partial charge in [-0.3, -0.25) is 15.0 Å². The van der Waals surface area contributed by atoms with Crippen LogP contribution in [0, 0.1) is 5.41 Å². The molecule has 0 radical (unpaired) electrons. The highest BCUT2D eigenvalue weighted by Gasteiger charge is 2.30. The molecule has 1 heterocycles. The number of benzene rings is 3.